The molecule has 0 saturated carbocycles. The van der Waals surface area contributed by atoms with E-state index in [4.69, 9.17) is 16.3 Å². The van der Waals surface area contributed by atoms with Crippen LogP contribution in [0.1, 0.15) is 19.8 Å². The SMILES string of the molecule is CC1CC[NH+](CC#CCOc2ccc(Cl)cc2)CC1. The van der Waals surface area contributed by atoms with Crippen molar-refractivity contribution in [3.63, 3.8) is 0 Å². The minimum atomic E-state index is 0.450. The maximum absolute atomic E-state index is 5.81. The maximum Gasteiger partial charge on any atom is 0.149 e. The van der Waals surface area contributed by atoms with Crippen molar-refractivity contribution in [3.05, 3.63) is 29.3 Å². The molecule has 0 aromatic heterocycles. The van der Waals surface area contributed by atoms with Crippen molar-refractivity contribution < 1.29 is 9.64 Å². The van der Waals surface area contributed by atoms with E-state index in [-0.39, 0.29) is 0 Å². The van der Waals surface area contributed by atoms with E-state index in [9.17, 15) is 0 Å². The van der Waals surface area contributed by atoms with Gasteiger partial charge in [-0.25, -0.2) is 0 Å². The predicted molar refractivity (Wildman–Crippen MR) is 78.7 cm³/mol. The monoisotopic (exact) mass is 278 g/mol. The molecule has 0 radical (unpaired) electrons. The highest BCUT2D eigenvalue weighted by molar-refractivity contribution is 6.30. The second-order valence-corrected chi connectivity index (χ2v) is 5.64. The van der Waals surface area contributed by atoms with Gasteiger partial charge in [0.15, 0.2) is 0 Å². The first-order valence-electron chi connectivity index (χ1n) is 6.91. The summed E-state index contributed by atoms with van der Waals surface area (Å²) in [5, 5.41) is 0.723. The Kier molecular flexibility index (Phi) is 5.57. The van der Waals surface area contributed by atoms with E-state index < -0.39 is 0 Å². The molecule has 19 heavy (non-hydrogen) atoms. The van der Waals surface area contributed by atoms with Gasteiger partial charge in [-0.3, -0.25) is 0 Å². The number of hydrogen-bond acceptors (Lipinski definition) is 1. The second-order valence-electron chi connectivity index (χ2n) is 5.21. The van der Waals surface area contributed by atoms with Crippen molar-refractivity contribution in [2.75, 3.05) is 26.2 Å². The number of likely N-dealkylation sites (tertiary alicyclic amines) is 1. The minimum Gasteiger partial charge on any atom is -0.481 e. The van der Waals surface area contributed by atoms with E-state index in [2.05, 4.69) is 18.8 Å². The van der Waals surface area contributed by atoms with E-state index >= 15 is 0 Å². The van der Waals surface area contributed by atoms with E-state index in [0.29, 0.717) is 6.61 Å². The molecular weight excluding hydrogens is 258 g/mol. The van der Waals surface area contributed by atoms with Gasteiger partial charge in [0, 0.05) is 5.02 Å². The summed E-state index contributed by atoms with van der Waals surface area (Å²) in [4.78, 5) is 1.61. The molecule has 3 heteroatoms. The van der Waals surface area contributed by atoms with Gasteiger partial charge < -0.3 is 9.64 Å². The van der Waals surface area contributed by atoms with Crippen molar-refractivity contribution in [2.45, 2.75) is 19.8 Å². The van der Waals surface area contributed by atoms with Crippen LogP contribution < -0.4 is 9.64 Å². The number of quaternary nitrogens is 1. The van der Waals surface area contributed by atoms with Crippen LogP contribution in [-0.2, 0) is 0 Å². The Hall–Kier alpha value is -1.17. The summed E-state index contributed by atoms with van der Waals surface area (Å²) in [5.74, 6) is 8.01. The Morgan fingerprint density at radius 2 is 1.89 bits per heavy atom. The van der Waals surface area contributed by atoms with Gasteiger partial charge in [-0.1, -0.05) is 24.4 Å². The average molecular weight is 279 g/mol. The lowest BCUT2D eigenvalue weighted by Crippen LogP contribution is -3.13. The van der Waals surface area contributed by atoms with Gasteiger partial charge in [0.2, 0.25) is 0 Å². The maximum atomic E-state index is 5.81. The Morgan fingerprint density at radius 3 is 2.58 bits per heavy atom. The molecule has 0 bridgehead atoms. The molecule has 1 aromatic rings. The summed E-state index contributed by atoms with van der Waals surface area (Å²) in [6.45, 7) is 6.24. The van der Waals surface area contributed by atoms with E-state index in [1.165, 1.54) is 25.9 Å². The smallest absolute Gasteiger partial charge is 0.149 e. The minimum absolute atomic E-state index is 0.450. The number of hydrogen-bond donors (Lipinski definition) is 1. The standard InChI is InChI=1S/C16H20ClNO/c1-14-8-11-18(12-9-14)10-2-3-13-19-16-6-4-15(17)5-7-16/h4-7,14H,8-13H2,1H3/p+1. The van der Waals surface area contributed by atoms with Crippen molar-refractivity contribution in [1.29, 1.82) is 0 Å². The first-order valence-corrected chi connectivity index (χ1v) is 7.29. The summed E-state index contributed by atoms with van der Waals surface area (Å²) in [5.41, 5.74) is 0. The third-order valence-electron chi connectivity index (χ3n) is 3.57. The quantitative estimate of drug-likeness (QED) is 0.836. The van der Waals surface area contributed by atoms with Gasteiger partial charge in [-0.2, -0.15) is 0 Å². The van der Waals surface area contributed by atoms with Gasteiger partial charge in [-0.05, 0) is 48.9 Å². The highest BCUT2D eigenvalue weighted by Crippen LogP contribution is 2.14. The molecule has 0 atom stereocenters. The van der Waals surface area contributed by atoms with Gasteiger partial charge in [0.25, 0.3) is 0 Å². The molecule has 0 aliphatic carbocycles. The lowest BCUT2D eigenvalue weighted by atomic mass is 9.99. The molecule has 0 spiro atoms. The van der Waals surface area contributed by atoms with Crippen LogP contribution in [0.3, 0.4) is 0 Å². The lowest BCUT2D eigenvalue weighted by Gasteiger charge is -2.25. The first-order chi connectivity index (χ1) is 9.24. The van der Waals surface area contributed by atoms with E-state index in [1.54, 1.807) is 4.90 Å². The zero-order chi connectivity index (χ0) is 13.5. The van der Waals surface area contributed by atoms with E-state index in [1.807, 2.05) is 24.3 Å². The van der Waals surface area contributed by atoms with Crippen LogP contribution >= 0.6 is 11.6 Å². The van der Waals surface area contributed by atoms with Crippen LogP contribution in [0.25, 0.3) is 0 Å². The molecule has 2 nitrogen and oxygen atoms in total. The van der Waals surface area contributed by atoms with E-state index in [0.717, 1.165) is 23.2 Å². The number of benzene rings is 1. The number of nitrogens with one attached hydrogen (secondary N) is 1. The molecule has 0 unspecified atom stereocenters. The molecule has 2 rings (SSSR count). The van der Waals surface area contributed by atoms with Crippen LogP contribution in [0.4, 0.5) is 0 Å². The zero-order valence-corrected chi connectivity index (χ0v) is 12.2. The van der Waals surface area contributed by atoms with Gasteiger partial charge in [-0.15, -0.1) is 0 Å². The molecule has 1 aliphatic heterocycles. The molecule has 1 aromatic carbocycles. The highest BCUT2D eigenvalue weighted by atomic mass is 35.5. The van der Waals surface area contributed by atoms with Crippen LogP contribution in [0, 0.1) is 17.8 Å². The Labute approximate surface area is 120 Å². The Morgan fingerprint density at radius 1 is 1.21 bits per heavy atom. The molecule has 102 valence electrons. The van der Waals surface area contributed by atoms with Gasteiger partial charge in [0.05, 0.1) is 13.1 Å². The number of halogens is 1. The second kappa shape index (κ2) is 7.43. The zero-order valence-electron chi connectivity index (χ0n) is 11.4. The van der Waals surface area contributed by atoms with Gasteiger partial charge in [0.1, 0.15) is 18.9 Å². The third kappa shape index (κ3) is 5.14. The Balaban J connectivity index is 1.66. The van der Waals surface area contributed by atoms with Crippen molar-refractivity contribution in [1.82, 2.24) is 0 Å². The summed E-state index contributed by atoms with van der Waals surface area (Å²) >= 11 is 5.81. The van der Waals surface area contributed by atoms with Crippen molar-refractivity contribution in [2.24, 2.45) is 5.92 Å². The molecule has 1 heterocycles. The number of rotatable bonds is 3. The summed E-state index contributed by atoms with van der Waals surface area (Å²) in [7, 11) is 0. The fourth-order valence-corrected chi connectivity index (χ4v) is 2.36. The van der Waals surface area contributed by atoms with Crippen LogP contribution in [0.5, 0.6) is 5.75 Å². The van der Waals surface area contributed by atoms with Crippen LogP contribution in [0.15, 0.2) is 24.3 Å². The van der Waals surface area contributed by atoms with Crippen molar-refractivity contribution in [3.8, 4) is 17.6 Å². The third-order valence-corrected chi connectivity index (χ3v) is 3.82. The average Bonchev–Trinajstić information content (AvgIpc) is 2.43. The largest absolute Gasteiger partial charge is 0.481 e. The molecule has 1 saturated heterocycles. The molecule has 1 aliphatic rings. The number of piperidine rings is 1. The number of ether oxygens (including phenoxy) is 1. The first kappa shape index (κ1) is 14.2. The molecule has 1 N–H and O–H groups in total. The lowest BCUT2D eigenvalue weighted by molar-refractivity contribution is -0.898. The van der Waals surface area contributed by atoms with Crippen molar-refractivity contribution >= 4 is 11.6 Å². The molecule has 0 amide bonds. The summed E-state index contributed by atoms with van der Waals surface area (Å²) in [6, 6.07) is 7.37. The topological polar surface area (TPSA) is 13.7 Å². The summed E-state index contributed by atoms with van der Waals surface area (Å²) in [6.07, 6.45) is 2.66. The van der Waals surface area contributed by atoms with Gasteiger partial charge >= 0.3 is 0 Å². The normalized spacial score (nSPS) is 22.4. The molecular formula is C16H21ClNO+. The van der Waals surface area contributed by atoms with Crippen LogP contribution in [-0.4, -0.2) is 26.2 Å². The van der Waals surface area contributed by atoms with Crippen LogP contribution in [0.2, 0.25) is 5.02 Å². The fourth-order valence-electron chi connectivity index (χ4n) is 2.24. The summed E-state index contributed by atoms with van der Waals surface area (Å²) < 4.78 is 5.53. The fraction of sp³-hybridized carbons (Fsp3) is 0.500. The Bertz CT molecular complexity index is 438. The highest BCUT2D eigenvalue weighted by Gasteiger charge is 2.17. The predicted octanol–water partition coefficient (Wildman–Crippen LogP) is 2.04. The molecule has 1 fully saturated rings.